The van der Waals surface area contributed by atoms with Gasteiger partial charge in [0, 0.05) is 17.4 Å². The average molecular weight is 263 g/mol. The van der Waals surface area contributed by atoms with Crippen LogP contribution in [0.3, 0.4) is 0 Å². The van der Waals surface area contributed by atoms with Gasteiger partial charge in [0.1, 0.15) is 5.82 Å². The maximum atomic E-state index is 12.9. The Kier molecular flexibility index (Phi) is 3.56. The molecule has 6 nitrogen and oxygen atoms in total. The minimum atomic E-state index is -0.680. The Morgan fingerprint density at radius 1 is 1.21 bits per heavy atom. The molecule has 0 fully saturated rings. The molecule has 1 aromatic carbocycles. The fourth-order valence-corrected chi connectivity index (χ4v) is 1.56. The topological polar surface area (TPSA) is 94.8 Å². The molecule has 1 heterocycles. The van der Waals surface area contributed by atoms with E-state index in [1.807, 2.05) is 4.98 Å². The molecule has 2 rings (SSSR count). The van der Waals surface area contributed by atoms with E-state index in [0.717, 1.165) is 6.07 Å². The van der Waals surface area contributed by atoms with E-state index >= 15 is 0 Å². The zero-order chi connectivity index (χ0) is 13.8. The summed E-state index contributed by atoms with van der Waals surface area (Å²) in [6.45, 7) is 0. The molecular formula is C12H10FN3O3. The Labute approximate surface area is 106 Å². The standard InChI is InChI=1S/C12H10FN3O3/c13-7-2-1-3-8(4-7)14-10(17)5-9-6-11(18)16-12(19)15-9/h1-4,6H,5H2,(H,14,17)(H2,15,16,18,19). The van der Waals surface area contributed by atoms with Crippen molar-refractivity contribution in [2.24, 2.45) is 0 Å². The second-order valence-electron chi connectivity index (χ2n) is 3.85. The molecule has 0 unspecified atom stereocenters. The lowest BCUT2D eigenvalue weighted by molar-refractivity contribution is -0.115. The summed E-state index contributed by atoms with van der Waals surface area (Å²) in [5, 5.41) is 2.46. The second-order valence-corrected chi connectivity index (χ2v) is 3.85. The first kappa shape index (κ1) is 12.7. The van der Waals surface area contributed by atoms with Crippen LogP contribution < -0.4 is 16.6 Å². The molecular weight excluding hydrogens is 253 g/mol. The quantitative estimate of drug-likeness (QED) is 0.747. The van der Waals surface area contributed by atoms with E-state index in [1.165, 1.54) is 24.3 Å². The van der Waals surface area contributed by atoms with Crippen LogP contribution in [0.5, 0.6) is 0 Å². The van der Waals surface area contributed by atoms with Gasteiger partial charge >= 0.3 is 5.69 Å². The number of rotatable bonds is 3. The first-order valence-electron chi connectivity index (χ1n) is 5.41. The second kappa shape index (κ2) is 5.30. The van der Waals surface area contributed by atoms with Gasteiger partial charge in [-0.1, -0.05) is 6.07 Å². The number of aromatic amines is 2. The lowest BCUT2D eigenvalue weighted by atomic mass is 10.2. The summed E-state index contributed by atoms with van der Waals surface area (Å²) >= 11 is 0. The van der Waals surface area contributed by atoms with Crippen LogP contribution in [0, 0.1) is 5.82 Å². The molecule has 19 heavy (non-hydrogen) atoms. The predicted molar refractivity (Wildman–Crippen MR) is 66.4 cm³/mol. The van der Waals surface area contributed by atoms with Gasteiger partial charge in [-0.3, -0.25) is 14.6 Å². The van der Waals surface area contributed by atoms with E-state index in [9.17, 15) is 18.8 Å². The number of amides is 1. The number of carbonyl (C=O) groups is 1. The summed E-state index contributed by atoms with van der Waals surface area (Å²) in [5.74, 6) is -0.936. The third-order valence-electron chi connectivity index (χ3n) is 2.28. The molecule has 0 radical (unpaired) electrons. The first-order valence-corrected chi connectivity index (χ1v) is 5.41. The summed E-state index contributed by atoms with van der Waals surface area (Å²) < 4.78 is 12.9. The van der Waals surface area contributed by atoms with Gasteiger partial charge in [-0.2, -0.15) is 0 Å². The molecule has 1 aromatic heterocycles. The Morgan fingerprint density at radius 3 is 2.68 bits per heavy atom. The molecule has 98 valence electrons. The van der Waals surface area contributed by atoms with Crippen molar-refractivity contribution in [3.8, 4) is 0 Å². The Hall–Kier alpha value is -2.70. The first-order chi connectivity index (χ1) is 9.02. The van der Waals surface area contributed by atoms with Crippen molar-refractivity contribution in [1.82, 2.24) is 9.97 Å². The smallest absolute Gasteiger partial charge is 0.325 e. The van der Waals surface area contributed by atoms with E-state index in [4.69, 9.17) is 0 Å². The Balaban J connectivity index is 2.09. The van der Waals surface area contributed by atoms with Crippen LogP contribution in [0.25, 0.3) is 0 Å². The van der Waals surface area contributed by atoms with E-state index in [-0.39, 0.29) is 12.1 Å². The molecule has 0 bridgehead atoms. The number of hydrogen-bond donors (Lipinski definition) is 3. The van der Waals surface area contributed by atoms with Gasteiger partial charge in [0.2, 0.25) is 5.91 Å². The normalized spacial score (nSPS) is 10.2. The van der Waals surface area contributed by atoms with E-state index in [0.29, 0.717) is 5.69 Å². The Morgan fingerprint density at radius 2 is 2.00 bits per heavy atom. The van der Waals surface area contributed by atoms with E-state index in [1.54, 1.807) is 0 Å². The zero-order valence-corrected chi connectivity index (χ0v) is 9.70. The number of H-pyrrole nitrogens is 2. The van der Waals surface area contributed by atoms with Crippen molar-refractivity contribution in [3.63, 3.8) is 0 Å². The zero-order valence-electron chi connectivity index (χ0n) is 9.70. The fourth-order valence-electron chi connectivity index (χ4n) is 1.56. The van der Waals surface area contributed by atoms with Crippen LogP contribution in [0.15, 0.2) is 39.9 Å². The molecule has 0 aliphatic heterocycles. The van der Waals surface area contributed by atoms with Crippen molar-refractivity contribution in [2.45, 2.75) is 6.42 Å². The largest absolute Gasteiger partial charge is 0.326 e. The third kappa shape index (κ3) is 3.63. The summed E-state index contributed by atoms with van der Waals surface area (Å²) in [5.41, 5.74) is -0.779. The SMILES string of the molecule is O=C(Cc1cc(=O)[nH]c(=O)[nH]1)Nc1cccc(F)c1. The van der Waals surface area contributed by atoms with Crippen LogP contribution in [0.2, 0.25) is 0 Å². The summed E-state index contributed by atoms with van der Waals surface area (Å²) in [6, 6.07) is 6.52. The summed E-state index contributed by atoms with van der Waals surface area (Å²) in [4.78, 5) is 38.0. The highest BCUT2D eigenvalue weighted by molar-refractivity contribution is 5.91. The van der Waals surface area contributed by atoms with Crippen LogP contribution in [-0.2, 0) is 11.2 Å². The molecule has 7 heteroatoms. The minimum absolute atomic E-state index is 0.183. The number of aromatic nitrogens is 2. The maximum absolute atomic E-state index is 12.9. The van der Waals surface area contributed by atoms with Crippen LogP contribution in [0.4, 0.5) is 10.1 Å². The van der Waals surface area contributed by atoms with Crippen molar-refractivity contribution in [2.75, 3.05) is 5.32 Å². The van der Waals surface area contributed by atoms with Crippen molar-refractivity contribution in [1.29, 1.82) is 0 Å². The number of benzene rings is 1. The predicted octanol–water partition coefficient (Wildman–Crippen LogP) is 0.383. The lowest BCUT2D eigenvalue weighted by Gasteiger charge is -2.04. The van der Waals surface area contributed by atoms with Gasteiger partial charge in [-0.05, 0) is 18.2 Å². The fraction of sp³-hybridized carbons (Fsp3) is 0.0833. The molecule has 0 aliphatic rings. The number of hydrogen-bond acceptors (Lipinski definition) is 3. The minimum Gasteiger partial charge on any atom is -0.326 e. The number of carbonyl (C=O) groups excluding carboxylic acids is 1. The molecule has 1 amide bonds. The highest BCUT2D eigenvalue weighted by atomic mass is 19.1. The van der Waals surface area contributed by atoms with Gasteiger partial charge in [-0.25, -0.2) is 9.18 Å². The monoisotopic (exact) mass is 263 g/mol. The van der Waals surface area contributed by atoms with Crippen LogP contribution >= 0.6 is 0 Å². The lowest BCUT2D eigenvalue weighted by Crippen LogP contribution is -2.25. The molecule has 0 atom stereocenters. The average Bonchev–Trinajstić information content (AvgIpc) is 2.26. The van der Waals surface area contributed by atoms with Gasteiger partial charge < -0.3 is 10.3 Å². The van der Waals surface area contributed by atoms with Gasteiger partial charge in [-0.15, -0.1) is 0 Å². The molecule has 0 aliphatic carbocycles. The number of halogens is 1. The molecule has 3 N–H and O–H groups in total. The van der Waals surface area contributed by atoms with E-state index in [2.05, 4.69) is 10.3 Å². The maximum Gasteiger partial charge on any atom is 0.325 e. The highest BCUT2D eigenvalue weighted by Crippen LogP contribution is 2.09. The molecule has 0 saturated heterocycles. The summed E-state index contributed by atoms with van der Waals surface area (Å²) in [7, 11) is 0. The molecule has 0 spiro atoms. The Bertz CT molecular complexity index is 692. The van der Waals surface area contributed by atoms with Crippen molar-refractivity contribution in [3.05, 3.63) is 62.7 Å². The highest BCUT2D eigenvalue weighted by Gasteiger charge is 2.06. The third-order valence-corrected chi connectivity index (χ3v) is 2.28. The van der Waals surface area contributed by atoms with Crippen molar-refractivity contribution < 1.29 is 9.18 Å². The molecule has 2 aromatic rings. The van der Waals surface area contributed by atoms with Crippen molar-refractivity contribution >= 4 is 11.6 Å². The van der Waals surface area contributed by atoms with Gasteiger partial charge in [0.25, 0.3) is 5.56 Å². The van der Waals surface area contributed by atoms with Gasteiger partial charge in [0.15, 0.2) is 0 Å². The van der Waals surface area contributed by atoms with Crippen LogP contribution in [-0.4, -0.2) is 15.9 Å². The number of anilines is 1. The van der Waals surface area contributed by atoms with Crippen LogP contribution in [0.1, 0.15) is 5.69 Å². The number of nitrogens with one attached hydrogen (secondary N) is 3. The summed E-state index contributed by atoms with van der Waals surface area (Å²) in [6.07, 6.45) is -0.185. The molecule has 0 saturated carbocycles. The van der Waals surface area contributed by atoms with E-state index < -0.39 is 23.0 Å². The van der Waals surface area contributed by atoms with Gasteiger partial charge in [0.05, 0.1) is 6.42 Å².